The Hall–Kier alpha value is -2.39. The number of hydrogen-bond donors (Lipinski definition) is 1. The molecular formula is C9H7F3N2O5. The molecule has 7 nitrogen and oxygen atoms in total. The molecule has 0 spiro atoms. The van der Waals surface area contributed by atoms with Crippen LogP contribution in [0, 0.1) is 17.0 Å². The van der Waals surface area contributed by atoms with Crippen molar-refractivity contribution in [3.8, 4) is 5.88 Å². The Kier molecular flexibility index (Phi) is 3.92. The van der Waals surface area contributed by atoms with E-state index in [1.807, 2.05) is 0 Å². The molecule has 0 amide bonds. The second kappa shape index (κ2) is 5.08. The first kappa shape index (κ1) is 14.7. The maximum Gasteiger partial charge on any atom is 0.574 e. The van der Waals surface area contributed by atoms with Crippen LogP contribution in [0.3, 0.4) is 0 Å². The number of pyridine rings is 1. The van der Waals surface area contributed by atoms with Gasteiger partial charge in [0.25, 0.3) is 5.69 Å². The second-order valence-corrected chi connectivity index (χ2v) is 3.44. The molecule has 10 heteroatoms. The highest BCUT2D eigenvalue weighted by atomic mass is 19.4. The second-order valence-electron chi connectivity index (χ2n) is 3.44. The van der Waals surface area contributed by atoms with Gasteiger partial charge in [0.1, 0.15) is 0 Å². The molecule has 1 N–H and O–H groups in total. The molecule has 1 rings (SSSR count). The Morgan fingerprint density at radius 1 is 1.58 bits per heavy atom. The maximum absolute atomic E-state index is 12.0. The van der Waals surface area contributed by atoms with Crippen molar-refractivity contribution in [1.82, 2.24) is 4.98 Å². The van der Waals surface area contributed by atoms with E-state index in [4.69, 9.17) is 5.11 Å². The number of halogens is 3. The molecule has 0 radical (unpaired) electrons. The Morgan fingerprint density at radius 2 is 2.16 bits per heavy atom. The molecule has 0 aromatic carbocycles. The largest absolute Gasteiger partial charge is 0.574 e. The smallest absolute Gasteiger partial charge is 0.481 e. The fourth-order valence-electron chi connectivity index (χ4n) is 1.40. The van der Waals surface area contributed by atoms with Crippen LogP contribution in [0.1, 0.15) is 11.1 Å². The van der Waals surface area contributed by atoms with Crippen LogP contribution in [0.15, 0.2) is 6.20 Å². The van der Waals surface area contributed by atoms with Gasteiger partial charge in [-0.1, -0.05) is 0 Å². The van der Waals surface area contributed by atoms with E-state index in [1.54, 1.807) is 0 Å². The van der Waals surface area contributed by atoms with Gasteiger partial charge in [-0.15, -0.1) is 13.2 Å². The highest BCUT2D eigenvalue weighted by molar-refractivity contribution is 5.72. The molecule has 1 aromatic rings. The monoisotopic (exact) mass is 280 g/mol. The van der Waals surface area contributed by atoms with Gasteiger partial charge in [-0.3, -0.25) is 14.9 Å². The van der Waals surface area contributed by atoms with Crippen LogP contribution in [-0.2, 0) is 11.2 Å². The number of nitrogens with zero attached hydrogens (tertiary/aromatic N) is 2. The Labute approximate surface area is 103 Å². The number of nitro groups is 1. The zero-order valence-corrected chi connectivity index (χ0v) is 9.39. The molecule has 0 bridgehead atoms. The Balaban J connectivity index is 3.31. The number of aromatic nitrogens is 1. The maximum atomic E-state index is 12.0. The minimum absolute atomic E-state index is 0.301. The van der Waals surface area contributed by atoms with E-state index in [1.165, 1.54) is 0 Å². The summed E-state index contributed by atoms with van der Waals surface area (Å²) >= 11 is 0. The van der Waals surface area contributed by atoms with Crippen molar-refractivity contribution in [2.75, 3.05) is 0 Å². The summed E-state index contributed by atoms with van der Waals surface area (Å²) in [5.74, 6) is -2.35. The Morgan fingerprint density at radius 3 is 2.58 bits per heavy atom. The van der Waals surface area contributed by atoms with Gasteiger partial charge in [0.2, 0.25) is 5.88 Å². The van der Waals surface area contributed by atoms with Crippen molar-refractivity contribution >= 4 is 11.7 Å². The highest BCUT2D eigenvalue weighted by Gasteiger charge is 2.34. The van der Waals surface area contributed by atoms with Crippen molar-refractivity contribution in [3.63, 3.8) is 0 Å². The predicted octanol–water partition coefficient (Wildman–Crippen LogP) is 1.82. The van der Waals surface area contributed by atoms with Crippen molar-refractivity contribution in [1.29, 1.82) is 0 Å². The van der Waals surface area contributed by atoms with E-state index in [9.17, 15) is 28.1 Å². The first-order chi connectivity index (χ1) is 8.61. The zero-order chi connectivity index (χ0) is 14.8. The molecule has 0 aliphatic rings. The summed E-state index contributed by atoms with van der Waals surface area (Å²) in [6.07, 6.45) is -5.09. The molecular weight excluding hydrogens is 273 g/mol. The first-order valence-corrected chi connectivity index (χ1v) is 4.72. The van der Waals surface area contributed by atoms with Crippen molar-refractivity contribution in [2.24, 2.45) is 0 Å². The quantitative estimate of drug-likeness (QED) is 0.666. The van der Waals surface area contributed by atoms with Crippen LogP contribution in [0.5, 0.6) is 5.88 Å². The molecule has 0 aliphatic carbocycles. The van der Waals surface area contributed by atoms with Gasteiger partial charge in [-0.2, -0.15) is 0 Å². The summed E-state index contributed by atoms with van der Waals surface area (Å²) in [7, 11) is 0. The minimum atomic E-state index is -5.04. The summed E-state index contributed by atoms with van der Waals surface area (Å²) in [5, 5.41) is 19.3. The van der Waals surface area contributed by atoms with E-state index in [-0.39, 0.29) is 5.56 Å². The van der Waals surface area contributed by atoms with Crippen LogP contribution in [0.25, 0.3) is 0 Å². The molecule has 0 fully saturated rings. The minimum Gasteiger partial charge on any atom is -0.481 e. The lowest BCUT2D eigenvalue weighted by Crippen LogP contribution is -2.19. The molecule has 0 unspecified atom stereocenters. The van der Waals surface area contributed by atoms with E-state index in [0.29, 0.717) is 6.20 Å². The van der Waals surface area contributed by atoms with E-state index in [0.717, 1.165) is 6.92 Å². The normalized spacial score (nSPS) is 11.2. The van der Waals surface area contributed by atoms with Crippen LogP contribution in [0.2, 0.25) is 0 Å². The van der Waals surface area contributed by atoms with Crippen LogP contribution in [-0.4, -0.2) is 27.3 Å². The van der Waals surface area contributed by atoms with Gasteiger partial charge in [0, 0.05) is 6.20 Å². The fourth-order valence-corrected chi connectivity index (χ4v) is 1.40. The third kappa shape index (κ3) is 3.79. The molecule has 19 heavy (non-hydrogen) atoms. The van der Waals surface area contributed by atoms with E-state index in [2.05, 4.69) is 9.72 Å². The van der Waals surface area contributed by atoms with Gasteiger partial charge in [-0.25, -0.2) is 4.98 Å². The average Bonchev–Trinajstić information content (AvgIpc) is 2.19. The third-order valence-corrected chi connectivity index (χ3v) is 2.05. The molecule has 1 aromatic heterocycles. The summed E-state index contributed by atoms with van der Waals surface area (Å²) in [6, 6.07) is 0. The van der Waals surface area contributed by atoms with E-state index < -0.39 is 40.8 Å². The van der Waals surface area contributed by atoms with Gasteiger partial charge in [-0.05, 0) is 6.92 Å². The zero-order valence-electron chi connectivity index (χ0n) is 9.39. The SMILES string of the molecule is Cc1c(OC(F)(F)F)ncc(CC(=O)O)c1[N+](=O)[O-]. The number of carbonyl (C=O) groups is 1. The number of rotatable bonds is 4. The number of ether oxygens (including phenoxy) is 1. The van der Waals surface area contributed by atoms with Crippen molar-refractivity contribution in [2.45, 2.75) is 19.7 Å². The summed E-state index contributed by atoms with van der Waals surface area (Å²) in [5.41, 5.74) is -1.54. The summed E-state index contributed by atoms with van der Waals surface area (Å²) < 4.78 is 39.6. The lowest BCUT2D eigenvalue weighted by molar-refractivity contribution is -0.386. The standard InChI is InChI=1S/C9H7F3N2O5/c1-4-7(14(17)18)5(2-6(15)16)3-13-8(4)19-9(10,11)12/h3H,2H2,1H3,(H,15,16). The molecule has 104 valence electrons. The number of carboxylic acid groups (broad SMARTS) is 1. The molecule has 0 saturated heterocycles. The number of carboxylic acids is 1. The highest BCUT2D eigenvalue weighted by Crippen LogP contribution is 2.32. The lowest BCUT2D eigenvalue weighted by atomic mass is 10.1. The third-order valence-electron chi connectivity index (χ3n) is 2.05. The number of hydrogen-bond acceptors (Lipinski definition) is 5. The summed E-state index contributed by atoms with van der Waals surface area (Å²) in [6.45, 7) is 0.998. The average molecular weight is 280 g/mol. The summed E-state index contributed by atoms with van der Waals surface area (Å²) in [4.78, 5) is 23.6. The van der Waals surface area contributed by atoms with Gasteiger partial charge in [0.05, 0.1) is 22.5 Å². The molecule has 1 heterocycles. The van der Waals surface area contributed by atoms with Gasteiger partial charge >= 0.3 is 12.3 Å². The Bertz CT molecular complexity index is 529. The topological polar surface area (TPSA) is 103 Å². The lowest BCUT2D eigenvalue weighted by Gasteiger charge is -2.11. The van der Waals surface area contributed by atoms with Gasteiger partial charge < -0.3 is 9.84 Å². The number of aliphatic carboxylic acids is 1. The first-order valence-electron chi connectivity index (χ1n) is 4.72. The van der Waals surface area contributed by atoms with Crippen LogP contribution < -0.4 is 4.74 Å². The van der Waals surface area contributed by atoms with Gasteiger partial charge in [0.15, 0.2) is 0 Å². The molecule has 0 saturated carbocycles. The number of alkyl halides is 3. The van der Waals surface area contributed by atoms with Crippen molar-refractivity contribution in [3.05, 3.63) is 27.4 Å². The van der Waals surface area contributed by atoms with Crippen molar-refractivity contribution < 1.29 is 32.7 Å². The molecule has 0 aliphatic heterocycles. The molecule has 0 atom stereocenters. The fraction of sp³-hybridized carbons (Fsp3) is 0.333. The van der Waals surface area contributed by atoms with Crippen LogP contribution in [0.4, 0.5) is 18.9 Å². The predicted molar refractivity (Wildman–Crippen MR) is 53.7 cm³/mol. The van der Waals surface area contributed by atoms with E-state index >= 15 is 0 Å². The van der Waals surface area contributed by atoms with Crippen LogP contribution >= 0.6 is 0 Å².